The second-order valence-electron chi connectivity index (χ2n) is 12.0. The van der Waals surface area contributed by atoms with Gasteiger partial charge in [0.1, 0.15) is 0 Å². The van der Waals surface area contributed by atoms with Crippen molar-refractivity contribution in [2.45, 2.75) is 104 Å². The fourth-order valence-corrected chi connectivity index (χ4v) is 9.66. The van der Waals surface area contributed by atoms with Gasteiger partial charge in [-0.05, 0) is 97.2 Å². The van der Waals surface area contributed by atoms with Gasteiger partial charge >= 0.3 is 5.97 Å². The first-order valence-corrected chi connectivity index (χ1v) is 13.0. The monoisotopic (exact) mass is 418 g/mol. The molecule has 10 atom stereocenters. The van der Waals surface area contributed by atoms with Crippen LogP contribution in [0.25, 0.3) is 0 Å². The van der Waals surface area contributed by atoms with Crippen LogP contribution in [0.1, 0.15) is 98.3 Å². The lowest BCUT2D eigenvalue weighted by Gasteiger charge is -2.64. The predicted molar refractivity (Wildman–Crippen MR) is 121 cm³/mol. The van der Waals surface area contributed by atoms with Gasteiger partial charge in [0.05, 0.1) is 13.2 Å². The van der Waals surface area contributed by atoms with Crippen LogP contribution in [-0.2, 0) is 9.53 Å². The highest BCUT2D eigenvalue weighted by atomic mass is 16.5. The lowest BCUT2D eigenvalue weighted by molar-refractivity contribution is -0.194. The van der Waals surface area contributed by atoms with Gasteiger partial charge in [-0.2, -0.15) is 0 Å². The number of hydrogen-bond acceptors (Lipinski definition) is 3. The summed E-state index contributed by atoms with van der Waals surface area (Å²) < 4.78 is 4.89. The van der Waals surface area contributed by atoms with Crippen molar-refractivity contribution in [2.24, 2.45) is 52.3 Å². The molecule has 0 aliphatic heterocycles. The largest absolute Gasteiger partial charge is 0.469 e. The fourth-order valence-electron chi connectivity index (χ4n) is 9.66. The molecule has 0 aromatic carbocycles. The summed E-state index contributed by atoms with van der Waals surface area (Å²) in [6.45, 7) is 9.83. The summed E-state index contributed by atoms with van der Waals surface area (Å²) in [5.74, 6) is 4.24. The minimum absolute atomic E-state index is 0.0741. The summed E-state index contributed by atoms with van der Waals surface area (Å²) in [6, 6.07) is 0. The second kappa shape index (κ2) is 8.41. The van der Waals surface area contributed by atoms with Gasteiger partial charge in [-0.1, -0.05) is 47.0 Å². The zero-order chi connectivity index (χ0) is 21.7. The average molecular weight is 419 g/mol. The van der Waals surface area contributed by atoms with Crippen molar-refractivity contribution in [3.05, 3.63) is 0 Å². The molecule has 4 rings (SSSR count). The molecule has 4 fully saturated rings. The number of esters is 1. The molecule has 3 nitrogen and oxygen atoms in total. The summed E-state index contributed by atoms with van der Waals surface area (Å²) in [5, 5.41) is 11.8. The molecule has 0 amide bonds. The Kier molecular flexibility index (Phi) is 6.34. The van der Waals surface area contributed by atoms with Crippen LogP contribution in [0.4, 0.5) is 0 Å². The van der Waals surface area contributed by atoms with Crippen molar-refractivity contribution in [3.8, 4) is 0 Å². The van der Waals surface area contributed by atoms with E-state index in [0.29, 0.717) is 52.8 Å². The molecule has 4 aliphatic carbocycles. The number of fused-ring (bicyclic) bond motifs is 5. The van der Waals surface area contributed by atoms with Crippen LogP contribution >= 0.6 is 0 Å². The summed E-state index contributed by atoms with van der Waals surface area (Å²) in [6.07, 6.45) is 13.1. The van der Waals surface area contributed by atoms with Gasteiger partial charge in [-0.25, -0.2) is 0 Å². The van der Waals surface area contributed by atoms with E-state index in [4.69, 9.17) is 4.74 Å². The zero-order valence-electron chi connectivity index (χ0n) is 20.2. The minimum Gasteiger partial charge on any atom is -0.469 e. The Morgan fingerprint density at radius 3 is 2.47 bits per heavy atom. The molecule has 1 N–H and O–H groups in total. The Balaban J connectivity index is 1.58. The number of ether oxygens (including phenoxy) is 1. The number of hydrogen-bond donors (Lipinski definition) is 1. The Bertz CT molecular complexity index is 632. The first-order chi connectivity index (χ1) is 14.3. The molecule has 0 aromatic heterocycles. The lowest BCUT2D eigenvalue weighted by atomic mass is 9.41. The molecule has 172 valence electrons. The maximum Gasteiger partial charge on any atom is 0.305 e. The van der Waals surface area contributed by atoms with Crippen LogP contribution in [0.5, 0.6) is 0 Å². The van der Waals surface area contributed by atoms with Crippen molar-refractivity contribution in [2.75, 3.05) is 7.11 Å². The summed E-state index contributed by atoms with van der Waals surface area (Å²) in [4.78, 5) is 11.7. The van der Waals surface area contributed by atoms with Gasteiger partial charge < -0.3 is 9.84 Å². The van der Waals surface area contributed by atoms with Gasteiger partial charge in [0.15, 0.2) is 0 Å². The van der Waals surface area contributed by atoms with E-state index in [1.807, 2.05) is 0 Å². The molecule has 4 saturated carbocycles. The molecular formula is C27H46O3. The van der Waals surface area contributed by atoms with Crippen molar-refractivity contribution in [3.63, 3.8) is 0 Å². The fraction of sp³-hybridized carbons (Fsp3) is 0.963. The van der Waals surface area contributed by atoms with E-state index in [2.05, 4.69) is 27.7 Å². The lowest BCUT2D eigenvalue weighted by Crippen LogP contribution is -2.61. The highest BCUT2D eigenvalue weighted by Crippen LogP contribution is 2.69. The standard InChI is InChI=1S/C27H46O3/c1-6-18-20-9-7-8-15-26(20,3)22-14-16-27(4)19(17(2)10-13-23(28)30-5)11-12-21(27)24(22)25(18)29/h17-22,24-25,29H,6-16H2,1-5H3/t17-,18-,19-,20+,21?,22?,24?,25-,26+,27-/m1/s1. The predicted octanol–water partition coefficient (Wildman–Crippen LogP) is 6.23. The maximum atomic E-state index is 11.8. The van der Waals surface area contributed by atoms with E-state index in [0.717, 1.165) is 18.8 Å². The Labute approximate surface area is 184 Å². The van der Waals surface area contributed by atoms with Crippen molar-refractivity contribution in [1.29, 1.82) is 0 Å². The first kappa shape index (κ1) is 22.6. The number of carbonyl (C=O) groups is 1. The SMILES string of the molecule is CC[C@H]1[C@@H](O)C2C3CC[C@H]([C@H](C)CCC(=O)OC)[C@@]3(C)CCC2[C@@]2(C)CCCC[C@@H]12. The van der Waals surface area contributed by atoms with E-state index in [9.17, 15) is 9.90 Å². The number of aliphatic hydroxyl groups is 1. The molecule has 0 bridgehead atoms. The van der Waals surface area contributed by atoms with Gasteiger partial charge in [-0.3, -0.25) is 4.79 Å². The molecule has 0 aromatic rings. The zero-order valence-corrected chi connectivity index (χ0v) is 20.2. The van der Waals surface area contributed by atoms with Gasteiger partial charge in [-0.15, -0.1) is 0 Å². The Morgan fingerprint density at radius 2 is 1.77 bits per heavy atom. The highest BCUT2D eigenvalue weighted by Gasteiger charge is 2.64. The van der Waals surface area contributed by atoms with Crippen LogP contribution in [0.3, 0.4) is 0 Å². The quantitative estimate of drug-likeness (QED) is 0.538. The van der Waals surface area contributed by atoms with Crippen LogP contribution < -0.4 is 0 Å². The van der Waals surface area contributed by atoms with E-state index >= 15 is 0 Å². The molecule has 0 spiro atoms. The van der Waals surface area contributed by atoms with Crippen LogP contribution in [0, 0.1) is 52.3 Å². The Hall–Kier alpha value is -0.570. The van der Waals surface area contributed by atoms with E-state index in [-0.39, 0.29) is 12.1 Å². The van der Waals surface area contributed by atoms with Gasteiger partial charge in [0.2, 0.25) is 0 Å². The average Bonchev–Trinajstić information content (AvgIpc) is 3.09. The third-order valence-corrected chi connectivity index (χ3v) is 11.1. The van der Waals surface area contributed by atoms with Gasteiger partial charge in [0, 0.05) is 6.42 Å². The molecule has 30 heavy (non-hydrogen) atoms. The molecule has 3 unspecified atom stereocenters. The summed E-state index contributed by atoms with van der Waals surface area (Å²) >= 11 is 0. The molecule has 0 saturated heterocycles. The van der Waals surface area contributed by atoms with E-state index < -0.39 is 0 Å². The number of methoxy groups -OCH3 is 1. The summed E-state index contributed by atoms with van der Waals surface area (Å²) in [7, 11) is 1.49. The number of rotatable bonds is 5. The summed E-state index contributed by atoms with van der Waals surface area (Å²) in [5.41, 5.74) is 0.770. The topological polar surface area (TPSA) is 46.5 Å². The van der Waals surface area contributed by atoms with Crippen LogP contribution in [0.2, 0.25) is 0 Å². The molecule has 4 aliphatic rings. The van der Waals surface area contributed by atoms with Crippen molar-refractivity contribution < 1.29 is 14.6 Å². The van der Waals surface area contributed by atoms with Crippen molar-refractivity contribution >= 4 is 5.97 Å². The van der Waals surface area contributed by atoms with Crippen molar-refractivity contribution in [1.82, 2.24) is 0 Å². The smallest absolute Gasteiger partial charge is 0.305 e. The Morgan fingerprint density at radius 1 is 1.03 bits per heavy atom. The van der Waals surface area contributed by atoms with E-state index in [1.165, 1.54) is 58.5 Å². The van der Waals surface area contributed by atoms with E-state index in [1.54, 1.807) is 0 Å². The normalized spacial score (nSPS) is 48.9. The molecule has 0 radical (unpaired) electrons. The highest BCUT2D eigenvalue weighted by molar-refractivity contribution is 5.69. The maximum absolute atomic E-state index is 11.8. The van der Waals surface area contributed by atoms with Gasteiger partial charge in [0.25, 0.3) is 0 Å². The number of aliphatic hydroxyl groups excluding tert-OH is 1. The third kappa shape index (κ3) is 3.37. The molecule has 3 heteroatoms. The third-order valence-electron chi connectivity index (χ3n) is 11.1. The number of carbonyl (C=O) groups excluding carboxylic acids is 1. The minimum atomic E-state index is -0.107. The molecular weight excluding hydrogens is 372 g/mol. The van der Waals surface area contributed by atoms with Crippen LogP contribution in [-0.4, -0.2) is 24.3 Å². The first-order valence-electron chi connectivity index (χ1n) is 13.0. The second-order valence-corrected chi connectivity index (χ2v) is 12.0. The molecule has 0 heterocycles. The van der Waals surface area contributed by atoms with Crippen LogP contribution in [0.15, 0.2) is 0 Å².